The van der Waals surface area contributed by atoms with E-state index in [4.69, 9.17) is 19.7 Å². The molecule has 0 aliphatic carbocycles. The van der Waals surface area contributed by atoms with Crippen molar-refractivity contribution in [1.82, 2.24) is 0 Å². The molecule has 1 aliphatic heterocycles. The van der Waals surface area contributed by atoms with Crippen molar-refractivity contribution in [2.24, 2.45) is 0 Å². The van der Waals surface area contributed by atoms with Gasteiger partial charge in [-0.05, 0) is 0 Å². The van der Waals surface area contributed by atoms with Crippen molar-refractivity contribution in [3.8, 4) is 0 Å². The molecule has 60 valence electrons. The minimum Gasteiger partial charge on any atom is -0.394 e. The lowest BCUT2D eigenvalue weighted by Gasteiger charge is -2.09. The molecule has 4 nitrogen and oxygen atoms in total. The molecule has 1 aliphatic rings. The summed E-state index contributed by atoms with van der Waals surface area (Å²) in [6.07, 6.45) is -0.964. The molecule has 0 amide bonds. The monoisotopic (exact) mass is 148 g/mol. The van der Waals surface area contributed by atoms with Crippen LogP contribution in [-0.4, -0.2) is 42.4 Å². The maximum absolute atomic E-state index is 9.13. The Bertz CT molecular complexity index is 106. The number of hydrogen-bond acceptors (Lipinski definition) is 4. The quantitative estimate of drug-likeness (QED) is 0.533. The van der Waals surface area contributed by atoms with Crippen LogP contribution in [0.15, 0.2) is 0 Å². The van der Waals surface area contributed by atoms with Crippen LogP contribution in [0.4, 0.5) is 0 Å². The fourth-order valence-electron chi connectivity index (χ4n) is 1.01. The summed E-state index contributed by atoms with van der Waals surface area (Å²) in [5.41, 5.74) is 0. The van der Waals surface area contributed by atoms with E-state index in [2.05, 4.69) is 0 Å². The molecule has 1 unspecified atom stereocenters. The Balaban J connectivity index is 2.36. The molecular weight excluding hydrogens is 136 g/mol. The number of methoxy groups -OCH3 is 1. The normalized spacial score (nSPS) is 40.5. The van der Waals surface area contributed by atoms with Crippen LogP contribution in [0.3, 0.4) is 0 Å². The van der Waals surface area contributed by atoms with Gasteiger partial charge in [-0.2, -0.15) is 0 Å². The largest absolute Gasteiger partial charge is 0.394 e. The van der Waals surface area contributed by atoms with Crippen LogP contribution in [0.5, 0.6) is 0 Å². The molecule has 1 fully saturated rings. The average Bonchev–Trinajstić information content (AvgIpc) is 2.30. The van der Waals surface area contributed by atoms with Gasteiger partial charge in [0.1, 0.15) is 6.10 Å². The fraction of sp³-hybridized carbons (Fsp3) is 1.00. The molecule has 0 spiro atoms. The van der Waals surface area contributed by atoms with Crippen LogP contribution in [0.2, 0.25) is 0 Å². The second-order valence-corrected chi connectivity index (χ2v) is 2.33. The van der Waals surface area contributed by atoms with E-state index in [9.17, 15) is 0 Å². The molecule has 0 aromatic rings. The van der Waals surface area contributed by atoms with Gasteiger partial charge in [-0.3, -0.25) is 0 Å². The number of aliphatic hydroxyl groups excluding tert-OH is 2. The highest BCUT2D eigenvalue weighted by atomic mass is 16.7. The Labute approximate surface area is 59.4 Å². The van der Waals surface area contributed by atoms with Gasteiger partial charge in [0.15, 0.2) is 6.29 Å². The zero-order chi connectivity index (χ0) is 7.56. The maximum atomic E-state index is 9.13. The van der Waals surface area contributed by atoms with Gasteiger partial charge < -0.3 is 19.7 Å². The third-order valence-electron chi connectivity index (χ3n) is 1.63. The Morgan fingerprint density at radius 3 is 2.70 bits per heavy atom. The minimum absolute atomic E-state index is 0.152. The zero-order valence-corrected chi connectivity index (χ0v) is 5.86. The van der Waals surface area contributed by atoms with E-state index in [-0.39, 0.29) is 12.9 Å². The molecule has 0 radical (unpaired) electrons. The van der Waals surface area contributed by atoms with Gasteiger partial charge in [0, 0.05) is 13.5 Å². The van der Waals surface area contributed by atoms with Gasteiger partial charge in [0.25, 0.3) is 0 Å². The predicted octanol–water partition coefficient (Wildman–Crippen LogP) is -0.899. The Morgan fingerprint density at radius 2 is 2.40 bits per heavy atom. The maximum Gasteiger partial charge on any atom is 0.160 e. The first-order valence-corrected chi connectivity index (χ1v) is 3.25. The van der Waals surface area contributed by atoms with Crippen LogP contribution >= 0.6 is 0 Å². The van der Waals surface area contributed by atoms with Crippen LogP contribution in [0, 0.1) is 0 Å². The highest BCUT2D eigenvalue weighted by Gasteiger charge is 2.32. The van der Waals surface area contributed by atoms with Crippen molar-refractivity contribution in [1.29, 1.82) is 0 Å². The minimum atomic E-state index is -0.588. The summed E-state index contributed by atoms with van der Waals surface area (Å²) in [6, 6.07) is 0. The predicted molar refractivity (Wildman–Crippen MR) is 33.4 cm³/mol. The molecule has 1 saturated heterocycles. The Hall–Kier alpha value is -0.160. The molecule has 10 heavy (non-hydrogen) atoms. The van der Waals surface area contributed by atoms with Crippen LogP contribution < -0.4 is 0 Å². The van der Waals surface area contributed by atoms with Crippen molar-refractivity contribution >= 4 is 0 Å². The molecule has 0 bridgehead atoms. The molecule has 1 rings (SSSR count). The highest BCUT2D eigenvalue weighted by Crippen LogP contribution is 2.19. The zero-order valence-electron chi connectivity index (χ0n) is 5.86. The van der Waals surface area contributed by atoms with Crippen molar-refractivity contribution in [2.45, 2.75) is 24.9 Å². The first-order chi connectivity index (χ1) is 4.77. The van der Waals surface area contributed by atoms with Gasteiger partial charge in [0.2, 0.25) is 0 Å². The molecule has 3 atom stereocenters. The van der Waals surface area contributed by atoms with Crippen molar-refractivity contribution < 1.29 is 19.7 Å². The molecule has 0 aromatic carbocycles. The molecule has 1 heterocycles. The fourth-order valence-corrected chi connectivity index (χ4v) is 1.01. The van der Waals surface area contributed by atoms with E-state index in [0.29, 0.717) is 6.42 Å². The van der Waals surface area contributed by atoms with Gasteiger partial charge in [-0.15, -0.1) is 0 Å². The summed E-state index contributed by atoms with van der Waals surface area (Å²) in [4.78, 5) is 0. The summed E-state index contributed by atoms with van der Waals surface area (Å²) in [7, 11) is 1.51. The first-order valence-electron chi connectivity index (χ1n) is 3.25. The van der Waals surface area contributed by atoms with E-state index in [0.717, 1.165) is 0 Å². The second-order valence-electron chi connectivity index (χ2n) is 2.33. The molecule has 4 heteroatoms. The lowest BCUT2D eigenvalue weighted by atomic mass is 10.2. The van der Waals surface area contributed by atoms with Gasteiger partial charge in [0.05, 0.1) is 12.7 Å². The van der Waals surface area contributed by atoms with E-state index in [1.165, 1.54) is 7.11 Å². The summed E-state index contributed by atoms with van der Waals surface area (Å²) >= 11 is 0. The number of rotatable bonds is 2. The van der Waals surface area contributed by atoms with E-state index >= 15 is 0 Å². The van der Waals surface area contributed by atoms with Crippen molar-refractivity contribution in [3.63, 3.8) is 0 Å². The van der Waals surface area contributed by atoms with Crippen LogP contribution in [-0.2, 0) is 9.47 Å². The van der Waals surface area contributed by atoms with Gasteiger partial charge in [-0.25, -0.2) is 0 Å². The topological polar surface area (TPSA) is 58.9 Å². The Morgan fingerprint density at radius 1 is 1.70 bits per heavy atom. The van der Waals surface area contributed by atoms with Crippen LogP contribution in [0.1, 0.15) is 6.42 Å². The summed E-state index contributed by atoms with van der Waals surface area (Å²) < 4.78 is 9.87. The summed E-state index contributed by atoms with van der Waals surface area (Å²) in [5.74, 6) is 0. The number of ether oxygens (including phenoxy) is 2. The van der Waals surface area contributed by atoms with E-state index in [1.54, 1.807) is 0 Å². The summed E-state index contributed by atoms with van der Waals surface area (Å²) in [5, 5.41) is 17.7. The van der Waals surface area contributed by atoms with Gasteiger partial charge >= 0.3 is 0 Å². The Kier molecular flexibility index (Phi) is 2.62. The standard InChI is InChI=1S/C6H12O4/c1-9-6-2-4(8)5(3-7)10-6/h4-8H,2-3H2,1H3/t4-,5-,6?/m0/s1. The lowest BCUT2D eigenvalue weighted by molar-refractivity contribution is -0.127. The number of hydrogen-bond donors (Lipinski definition) is 2. The summed E-state index contributed by atoms with van der Waals surface area (Å²) in [6.45, 7) is -0.152. The third kappa shape index (κ3) is 1.46. The second kappa shape index (κ2) is 3.30. The molecule has 0 saturated carbocycles. The highest BCUT2D eigenvalue weighted by molar-refractivity contribution is 4.76. The molecule has 2 N–H and O–H groups in total. The van der Waals surface area contributed by atoms with Crippen molar-refractivity contribution in [2.75, 3.05) is 13.7 Å². The first kappa shape index (κ1) is 7.94. The smallest absolute Gasteiger partial charge is 0.160 e. The van der Waals surface area contributed by atoms with Gasteiger partial charge in [-0.1, -0.05) is 0 Å². The van der Waals surface area contributed by atoms with E-state index < -0.39 is 12.2 Å². The molecular formula is C6H12O4. The molecule has 0 aromatic heterocycles. The third-order valence-corrected chi connectivity index (χ3v) is 1.63. The number of aliphatic hydroxyl groups is 2. The van der Waals surface area contributed by atoms with E-state index in [1.807, 2.05) is 0 Å². The lowest BCUT2D eigenvalue weighted by Crippen LogP contribution is -2.24. The average molecular weight is 148 g/mol. The van der Waals surface area contributed by atoms with Crippen molar-refractivity contribution in [3.05, 3.63) is 0 Å². The SMILES string of the molecule is COC1C[C@H](O)[C@H](CO)O1. The van der Waals surface area contributed by atoms with Crippen LogP contribution in [0.25, 0.3) is 0 Å².